The molecular formula is C26H23FN4O2S. The number of hydrogen-bond acceptors (Lipinski definition) is 4. The molecule has 4 rings (SSSR count). The molecule has 0 saturated carbocycles. The molecule has 0 saturated heterocycles. The number of carbonyl (C=O) groups is 2. The van der Waals surface area contributed by atoms with Gasteiger partial charge in [-0.2, -0.15) is 0 Å². The first-order valence-electron chi connectivity index (χ1n) is 10.6. The number of nitrogens with one attached hydrogen (secondary N) is 1. The smallest absolute Gasteiger partial charge is 0.251 e. The maximum absolute atomic E-state index is 13.7. The highest BCUT2D eigenvalue weighted by Gasteiger charge is 2.14. The second kappa shape index (κ2) is 10.8. The van der Waals surface area contributed by atoms with E-state index in [2.05, 4.69) is 10.3 Å². The van der Waals surface area contributed by atoms with Gasteiger partial charge in [0.15, 0.2) is 5.16 Å². The van der Waals surface area contributed by atoms with E-state index >= 15 is 0 Å². The Morgan fingerprint density at radius 2 is 1.71 bits per heavy atom. The minimum atomic E-state index is -0.350. The molecule has 4 aromatic rings. The van der Waals surface area contributed by atoms with Crippen LogP contribution < -0.4 is 10.2 Å². The van der Waals surface area contributed by atoms with E-state index in [4.69, 9.17) is 0 Å². The summed E-state index contributed by atoms with van der Waals surface area (Å²) < 4.78 is 15.6. The second-order valence-electron chi connectivity index (χ2n) is 7.48. The Bertz CT molecular complexity index is 1280. The Labute approximate surface area is 201 Å². The van der Waals surface area contributed by atoms with E-state index in [-0.39, 0.29) is 29.9 Å². The van der Waals surface area contributed by atoms with Crippen molar-refractivity contribution in [1.82, 2.24) is 14.9 Å². The Morgan fingerprint density at radius 1 is 1.00 bits per heavy atom. The molecule has 0 atom stereocenters. The molecule has 0 fully saturated rings. The van der Waals surface area contributed by atoms with Gasteiger partial charge in [0.25, 0.3) is 5.91 Å². The van der Waals surface area contributed by atoms with Gasteiger partial charge in [0.1, 0.15) is 5.82 Å². The van der Waals surface area contributed by atoms with Crippen molar-refractivity contribution in [2.75, 3.05) is 17.7 Å². The molecule has 34 heavy (non-hydrogen) atoms. The maximum Gasteiger partial charge on any atom is 0.251 e. The van der Waals surface area contributed by atoms with Gasteiger partial charge in [-0.25, -0.2) is 9.37 Å². The van der Waals surface area contributed by atoms with Gasteiger partial charge in [0, 0.05) is 48.5 Å². The van der Waals surface area contributed by atoms with Crippen molar-refractivity contribution in [2.24, 2.45) is 0 Å². The summed E-state index contributed by atoms with van der Waals surface area (Å²) in [6.07, 6.45) is 3.48. The monoisotopic (exact) mass is 474 g/mol. The van der Waals surface area contributed by atoms with Gasteiger partial charge >= 0.3 is 0 Å². The molecule has 1 N–H and O–H groups in total. The molecule has 2 amide bonds. The van der Waals surface area contributed by atoms with Gasteiger partial charge in [-0.1, -0.05) is 48.2 Å². The fourth-order valence-corrected chi connectivity index (χ4v) is 4.19. The lowest BCUT2D eigenvalue weighted by Gasteiger charge is -2.17. The number of thioether (sulfide) groups is 1. The van der Waals surface area contributed by atoms with Crippen molar-refractivity contribution in [3.05, 3.63) is 108 Å². The lowest BCUT2D eigenvalue weighted by atomic mass is 10.1. The third-order valence-electron chi connectivity index (χ3n) is 5.25. The van der Waals surface area contributed by atoms with Crippen LogP contribution in [0.5, 0.6) is 0 Å². The summed E-state index contributed by atoms with van der Waals surface area (Å²) in [6.45, 7) is 0.112. The Hall–Kier alpha value is -3.91. The highest BCUT2D eigenvalue weighted by atomic mass is 32.2. The fraction of sp³-hybridized carbons (Fsp3) is 0.115. The standard InChI is InChI=1S/C26H23FN4O2S/c1-30(21-8-3-2-4-9-21)24(32)18-34-26-28-15-16-31(26)22-13-11-19(12-14-22)25(33)29-17-20-7-5-6-10-23(20)27/h2-16H,17-18H2,1H3,(H,29,33). The molecule has 0 aliphatic heterocycles. The van der Waals surface area contributed by atoms with Crippen molar-refractivity contribution in [2.45, 2.75) is 11.7 Å². The number of benzene rings is 3. The molecule has 6 nitrogen and oxygen atoms in total. The van der Waals surface area contributed by atoms with Crippen LogP contribution in [0.2, 0.25) is 0 Å². The topological polar surface area (TPSA) is 67.2 Å². The third-order valence-corrected chi connectivity index (χ3v) is 6.21. The summed E-state index contributed by atoms with van der Waals surface area (Å²) in [5.74, 6) is -0.437. The van der Waals surface area contributed by atoms with Crippen molar-refractivity contribution in [3.8, 4) is 5.69 Å². The number of carbonyl (C=O) groups excluding carboxylic acids is 2. The average molecular weight is 475 g/mol. The van der Waals surface area contributed by atoms with Crippen molar-refractivity contribution >= 4 is 29.3 Å². The number of aromatic nitrogens is 2. The van der Waals surface area contributed by atoms with Crippen molar-refractivity contribution in [1.29, 1.82) is 0 Å². The van der Waals surface area contributed by atoms with Crippen molar-refractivity contribution < 1.29 is 14.0 Å². The summed E-state index contributed by atoms with van der Waals surface area (Å²) in [5.41, 5.74) is 2.55. The summed E-state index contributed by atoms with van der Waals surface area (Å²) >= 11 is 1.34. The normalized spacial score (nSPS) is 10.6. The number of anilines is 1. The molecule has 0 aliphatic carbocycles. The zero-order chi connectivity index (χ0) is 23.9. The van der Waals surface area contributed by atoms with E-state index in [9.17, 15) is 14.0 Å². The van der Waals surface area contributed by atoms with Crippen LogP contribution in [0.1, 0.15) is 15.9 Å². The lowest BCUT2D eigenvalue weighted by Crippen LogP contribution is -2.27. The van der Waals surface area contributed by atoms with Crippen LogP contribution in [0.15, 0.2) is 96.4 Å². The fourth-order valence-electron chi connectivity index (χ4n) is 3.30. The van der Waals surface area contributed by atoms with Crippen LogP contribution in [0.25, 0.3) is 5.69 Å². The summed E-state index contributed by atoms with van der Waals surface area (Å²) in [4.78, 5) is 31.0. The van der Waals surface area contributed by atoms with Gasteiger partial charge in [0.05, 0.1) is 5.75 Å². The Balaban J connectivity index is 1.37. The number of hydrogen-bond donors (Lipinski definition) is 1. The molecular weight excluding hydrogens is 451 g/mol. The molecule has 0 spiro atoms. The van der Waals surface area contributed by atoms with Gasteiger partial charge in [-0.15, -0.1) is 0 Å². The second-order valence-corrected chi connectivity index (χ2v) is 8.42. The number of rotatable bonds is 8. The largest absolute Gasteiger partial charge is 0.348 e. The number of imidazole rings is 1. The molecule has 1 heterocycles. The van der Waals surface area contributed by atoms with Crippen LogP contribution >= 0.6 is 11.8 Å². The molecule has 0 radical (unpaired) electrons. The molecule has 3 aromatic carbocycles. The molecule has 1 aromatic heterocycles. The highest BCUT2D eigenvalue weighted by Crippen LogP contribution is 2.22. The molecule has 0 aliphatic rings. The van der Waals surface area contributed by atoms with Crippen LogP contribution in [0, 0.1) is 5.82 Å². The summed E-state index contributed by atoms with van der Waals surface area (Å²) in [5, 5.41) is 3.41. The molecule has 0 bridgehead atoms. The minimum Gasteiger partial charge on any atom is -0.348 e. The lowest BCUT2D eigenvalue weighted by molar-refractivity contribution is -0.115. The van der Waals surface area contributed by atoms with Gasteiger partial charge in [-0.05, 0) is 42.5 Å². The number of amides is 2. The zero-order valence-electron chi connectivity index (χ0n) is 18.5. The van der Waals surface area contributed by atoms with E-state index < -0.39 is 0 Å². The minimum absolute atomic E-state index is 0.0346. The Kier molecular flexibility index (Phi) is 7.39. The van der Waals surface area contributed by atoms with E-state index in [1.54, 1.807) is 54.7 Å². The quantitative estimate of drug-likeness (QED) is 0.376. The summed E-state index contributed by atoms with van der Waals surface area (Å²) in [6, 6.07) is 22.8. The molecule has 172 valence electrons. The van der Waals surface area contributed by atoms with Gasteiger partial charge in [-0.3, -0.25) is 14.2 Å². The predicted molar refractivity (Wildman–Crippen MR) is 132 cm³/mol. The van der Waals surface area contributed by atoms with Crippen molar-refractivity contribution in [3.63, 3.8) is 0 Å². The van der Waals surface area contributed by atoms with Crippen LogP contribution in [0.3, 0.4) is 0 Å². The zero-order valence-corrected chi connectivity index (χ0v) is 19.3. The van der Waals surface area contributed by atoms with Crippen LogP contribution in [0.4, 0.5) is 10.1 Å². The first-order chi connectivity index (χ1) is 16.5. The summed E-state index contributed by atoms with van der Waals surface area (Å²) in [7, 11) is 1.75. The van der Waals surface area contributed by atoms with E-state index in [1.165, 1.54) is 17.8 Å². The Morgan fingerprint density at radius 3 is 2.44 bits per heavy atom. The molecule has 0 unspecified atom stereocenters. The van der Waals surface area contributed by atoms with Crippen LogP contribution in [-0.4, -0.2) is 34.2 Å². The SMILES string of the molecule is CN(C(=O)CSc1nccn1-c1ccc(C(=O)NCc2ccccc2F)cc1)c1ccccc1. The third kappa shape index (κ3) is 5.52. The number of halogens is 1. The van der Waals surface area contributed by atoms with Gasteiger partial charge in [0.2, 0.25) is 5.91 Å². The first kappa shape index (κ1) is 23.3. The number of para-hydroxylation sites is 1. The van der Waals surface area contributed by atoms with E-state index in [1.807, 2.05) is 47.0 Å². The highest BCUT2D eigenvalue weighted by molar-refractivity contribution is 7.99. The maximum atomic E-state index is 13.7. The number of nitrogens with zero attached hydrogens (tertiary/aromatic N) is 3. The van der Waals surface area contributed by atoms with E-state index in [0.29, 0.717) is 16.3 Å². The molecule has 8 heteroatoms. The van der Waals surface area contributed by atoms with Crippen LogP contribution in [-0.2, 0) is 11.3 Å². The predicted octanol–water partition coefficient (Wildman–Crippen LogP) is 4.70. The first-order valence-corrected chi connectivity index (χ1v) is 11.6. The van der Waals surface area contributed by atoms with Gasteiger partial charge < -0.3 is 10.2 Å². The average Bonchev–Trinajstić information content (AvgIpc) is 3.35. The van der Waals surface area contributed by atoms with E-state index in [0.717, 1.165) is 11.4 Å².